The van der Waals surface area contributed by atoms with Crippen molar-refractivity contribution >= 4 is 31.7 Å². The SMILES string of the molecule is CCCOC(=O)N(S)S.[Cu]. The van der Waals surface area contributed by atoms with E-state index >= 15 is 0 Å². The first-order chi connectivity index (χ1) is 4.18. The van der Waals surface area contributed by atoms with Crippen molar-refractivity contribution in [3.05, 3.63) is 0 Å². The van der Waals surface area contributed by atoms with Gasteiger partial charge in [0.25, 0.3) is 0 Å². The van der Waals surface area contributed by atoms with Crippen LogP contribution < -0.4 is 0 Å². The van der Waals surface area contributed by atoms with Gasteiger partial charge in [-0.2, -0.15) is 3.71 Å². The maximum absolute atomic E-state index is 10.5. The topological polar surface area (TPSA) is 29.5 Å². The number of hydrogen-bond acceptors (Lipinski definition) is 4. The van der Waals surface area contributed by atoms with Crippen molar-refractivity contribution < 1.29 is 26.6 Å². The molecule has 0 aliphatic carbocycles. The van der Waals surface area contributed by atoms with Crippen molar-refractivity contribution in [1.29, 1.82) is 0 Å². The Kier molecular flexibility index (Phi) is 9.95. The van der Waals surface area contributed by atoms with Gasteiger partial charge in [0.05, 0.1) is 6.61 Å². The van der Waals surface area contributed by atoms with Crippen LogP contribution in [-0.4, -0.2) is 16.4 Å². The van der Waals surface area contributed by atoms with Gasteiger partial charge in [-0.25, -0.2) is 4.79 Å². The van der Waals surface area contributed by atoms with Gasteiger partial charge in [0, 0.05) is 17.1 Å². The molecule has 0 unspecified atom stereocenters. The summed E-state index contributed by atoms with van der Waals surface area (Å²) >= 11 is 7.18. The standard InChI is InChI=1S/C4H9NO2S2.Cu/c1-2-3-7-4(6)5(8)9;/h8-9H,2-3H2,1H3;. The molecule has 1 amide bonds. The van der Waals surface area contributed by atoms with Crippen molar-refractivity contribution in [1.82, 2.24) is 3.71 Å². The zero-order chi connectivity index (χ0) is 7.28. The van der Waals surface area contributed by atoms with Crippen LogP contribution >= 0.6 is 25.6 Å². The summed E-state index contributed by atoms with van der Waals surface area (Å²) in [4.78, 5) is 10.5. The van der Waals surface area contributed by atoms with Crippen LogP contribution in [0.3, 0.4) is 0 Å². The molecule has 0 N–H and O–H groups in total. The van der Waals surface area contributed by atoms with Crippen molar-refractivity contribution in [3.63, 3.8) is 0 Å². The van der Waals surface area contributed by atoms with Crippen molar-refractivity contribution in [2.45, 2.75) is 13.3 Å². The molecule has 65 valence electrons. The third-order valence-electron chi connectivity index (χ3n) is 0.593. The third-order valence-corrected chi connectivity index (χ3v) is 0.920. The van der Waals surface area contributed by atoms with Gasteiger partial charge >= 0.3 is 6.09 Å². The van der Waals surface area contributed by atoms with Crippen LogP contribution in [0.15, 0.2) is 0 Å². The molecule has 0 spiro atoms. The number of hydrogen-bond donors (Lipinski definition) is 2. The molecule has 0 aromatic heterocycles. The molecule has 1 radical (unpaired) electrons. The van der Waals surface area contributed by atoms with Gasteiger partial charge in [-0.1, -0.05) is 6.92 Å². The zero-order valence-electron chi connectivity index (χ0n) is 5.37. The number of amides is 1. The number of carbonyl (C=O) groups excluding carboxylic acids is 1. The van der Waals surface area contributed by atoms with Gasteiger partial charge in [0.2, 0.25) is 0 Å². The molecule has 6 heteroatoms. The molecule has 0 heterocycles. The molecule has 0 bridgehead atoms. The second kappa shape index (κ2) is 7.59. The first kappa shape index (κ1) is 13.1. The fourth-order valence-corrected chi connectivity index (χ4v) is 0.363. The molecular weight excluding hydrogens is 222 g/mol. The van der Waals surface area contributed by atoms with E-state index in [-0.39, 0.29) is 17.1 Å². The number of ether oxygens (including phenoxy) is 1. The minimum absolute atomic E-state index is 0. The summed E-state index contributed by atoms with van der Waals surface area (Å²) < 4.78 is 5.39. The normalized spacial score (nSPS) is 7.90. The Labute approximate surface area is 82.0 Å². The monoisotopic (exact) mass is 230 g/mol. The first-order valence-electron chi connectivity index (χ1n) is 2.53. The summed E-state index contributed by atoms with van der Waals surface area (Å²) in [5, 5.41) is 0. The van der Waals surface area contributed by atoms with Crippen LogP contribution in [0.5, 0.6) is 0 Å². The Bertz CT molecular complexity index is 101. The quantitative estimate of drug-likeness (QED) is 0.557. The van der Waals surface area contributed by atoms with Crippen LogP contribution in [0, 0.1) is 0 Å². The molecule has 0 fully saturated rings. The summed E-state index contributed by atoms with van der Waals surface area (Å²) in [6, 6.07) is 0. The molecular formula is C4H9CuNO2S2. The zero-order valence-corrected chi connectivity index (χ0v) is 8.10. The van der Waals surface area contributed by atoms with Gasteiger partial charge in [0.1, 0.15) is 0 Å². The van der Waals surface area contributed by atoms with E-state index in [9.17, 15) is 4.79 Å². The predicted octanol–water partition coefficient (Wildman–Crippen LogP) is 1.52. The second-order valence-electron chi connectivity index (χ2n) is 1.40. The Hall–Kier alpha value is 0.489. The average Bonchev–Trinajstić information content (AvgIpc) is 1.82. The first-order valence-corrected chi connectivity index (χ1v) is 3.33. The fourth-order valence-electron chi connectivity index (χ4n) is 0.247. The van der Waals surface area contributed by atoms with E-state index in [1.807, 2.05) is 6.92 Å². The summed E-state index contributed by atoms with van der Waals surface area (Å²) in [5.74, 6) is 0. The van der Waals surface area contributed by atoms with E-state index in [2.05, 4.69) is 30.4 Å². The molecule has 10 heavy (non-hydrogen) atoms. The minimum atomic E-state index is -0.538. The summed E-state index contributed by atoms with van der Waals surface area (Å²) in [6.45, 7) is 2.32. The van der Waals surface area contributed by atoms with Gasteiger partial charge < -0.3 is 4.74 Å². The van der Waals surface area contributed by atoms with Crippen molar-refractivity contribution in [2.75, 3.05) is 6.61 Å². The molecule has 3 nitrogen and oxygen atoms in total. The molecule has 0 saturated heterocycles. The van der Waals surface area contributed by atoms with Gasteiger partial charge in [-0.15, -0.1) is 0 Å². The second-order valence-corrected chi connectivity index (χ2v) is 2.52. The van der Waals surface area contributed by atoms with Gasteiger partial charge in [0.15, 0.2) is 0 Å². The van der Waals surface area contributed by atoms with Gasteiger partial charge in [-0.3, -0.25) is 0 Å². The van der Waals surface area contributed by atoms with Crippen LogP contribution in [0.25, 0.3) is 0 Å². The smallest absolute Gasteiger partial charge is 0.429 e. The van der Waals surface area contributed by atoms with Crippen LogP contribution in [0.2, 0.25) is 0 Å². The van der Waals surface area contributed by atoms with Crippen LogP contribution in [-0.2, 0) is 21.8 Å². The maximum Gasteiger partial charge on any atom is 0.429 e. The van der Waals surface area contributed by atoms with Crippen LogP contribution in [0.4, 0.5) is 4.79 Å². The average molecular weight is 231 g/mol. The van der Waals surface area contributed by atoms with E-state index in [1.54, 1.807) is 0 Å². The molecule has 0 atom stereocenters. The third kappa shape index (κ3) is 6.61. The van der Waals surface area contributed by atoms with Crippen molar-refractivity contribution in [3.8, 4) is 0 Å². The van der Waals surface area contributed by atoms with Crippen LogP contribution in [0.1, 0.15) is 13.3 Å². The molecule has 0 aliphatic heterocycles. The Balaban J connectivity index is 0. The maximum atomic E-state index is 10.5. The van der Waals surface area contributed by atoms with E-state index in [0.29, 0.717) is 6.61 Å². The van der Waals surface area contributed by atoms with E-state index in [0.717, 1.165) is 10.1 Å². The summed E-state index contributed by atoms with van der Waals surface area (Å²) in [7, 11) is 0. The number of carbonyl (C=O) groups is 1. The Morgan fingerprint density at radius 3 is 2.40 bits per heavy atom. The van der Waals surface area contributed by atoms with Gasteiger partial charge in [-0.05, 0) is 32.1 Å². The molecule has 0 rings (SSSR count). The van der Waals surface area contributed by atoms with E-state index in [1.165, 1.54) is 0 Å². The number of thiol groups is 2. The Morgan fingerprint density at radius 1 is 1.60 bits per heavy atom. The predicted molar refractivity (Wildman–Crippen MR) is 41.5 cm³/mol. The molecule has 0 aliphatic rings. The molecule has 0 aromatic rings. The minimum Gasteiger partial charge on any atom is -0.448 e. The molecule has 0 saturated carbocycles. The number of rotatable bonds is 2. The summed E-state index contributed by atoms with van der Waals surface area (Å²) in [6.07, 6.45) is 0.268. The van der Waals surface area contributed by atoms with Crippen molar-refractivity contribution in [2.24, 2.45) is 0 Å². The molecule has 0 aromatic carbocycles. The van der Waals surface area contributed by atoms with E-state index in [4.69, 9.17) is 0 Å². The van der Waals surface area contributed by atoms with E-state index < -0.39 is 6.09 Å². The largest absolute Gasteiger partial charge is 0.448 e. The number of nitrogens with zero attached hydrogens (tertiary/aromatic N) is 1. The Morgan fingerprint density at radius 2 is 2.10 bits per heavy atom. The fraction of sp³-hybridized carbons (Fsp3) is 0.750. The summed E-state index contributed by atoms with van der Waals surface area (Å²) in [5.41, 5.74) is 0.